The third kappa shape index (κ3) is 3.69. The zero-order chi connectivity index (χ0) is 20.8. The van der Waals surface area contributed by atoms with E-state index in [0.717, 1.165) is 29.6 Å². The second-order valence-electron chi connectivity index (χ2n) is 7.81. The molecule has 2 unspecified atom stereocenters. The number of hydrogen-bond donors (Lipinski definition) is 2. The van der Waals surface area contributed by atoms with Crippen molar-refractivity contribution in [3.8, 4) is 6.07 Å². The van der Waals surface area contributed by atoms with E-state index in [1.54, 1.807) is 12.4 Å². The van der Waals surface area contributed by atoms with Gasteiger partial charge in [-0.15, -0.1) is 0 Å². The molecule has 0 radical (unpaired) electrons. The summed E-state index contributed by atoms with van der Waals surface area (Å²) in [4.78, 5) is 22.9. The normalized spacial score (nSPS) is 23.8. The van der Waals surface area contributed by atoms with Crippen LogP contribution in [0.2, 0.25) is 0 Å². The molecule has 154 valence electrons. The standard InChI is InChI=1S/C19H21F3N6O/c1-27(16-13(6-23)7-25-17-15(16)2-3-24-17)14-4-11-8-28(9-12(11)5-14)18(29)26-10-19(20,21)22/h2-3,7,11-12,14H,4-5,8-10H2,1H3,(H,24,25)(H,26,29)/t11-,12?,14?/m1/s1. The molecular formula is C19H21F3N6O. The molecule has 0 bridgehead atoms. The van der Waals surface area contributed by atoms with E-state index >= 15 is 0 Å². The second kappa shape index (κ2) is 7.13. The summed E-state index contributed by atoms with van der Waals surface area (Å²) in [6.45, 7) is -0.395. The fraction of sp³-hybridized carbons (Fsp3) is 0.526. The number of rotatable bonds is 3. The van der Waals surface area contributed by atoms with Crippen LogP contribution >= 0.6 is 0 Å². The van der Waals surface area contributed by atoms with Crippen LogP contribution in [-0.2, 0) is 0 Å². The van der Waals surface area contributed by atoms with Crippen LogP contribution in [0, 0.1) is 23.2 Å². The van der Waals surface area contributed by atoms with E-state index < -0.39 is 18.8 Å². The predicted octanol–water partition coefficient (Wildman–Crippen LogP) is 2.85. The molecule has 2 aliphatic rings. The first-order chi connectivity index (χ1) is 13.8. The van der Waals surface area contributed by atoms with Gasteiger partial charge in [-0.1, -0.05) is 0 Å². The van der Waals surface area contributed by atoms with Gasteiger partial charge in [0, 0.05) is 44.0 Å². The summed E-state index contributed by atoms with van der Waals surface area (Å²) in [6, 6.07) is 3.65. The topological polar surface area (TPSA) is 88.1 Å². The maximum atomic E-state index is 12.3. The molecule has 7 nitrogen and oxygen atoms in total. The number of anilines is 1. The number of H-pyrrole nitrogens is 1. The van der Waals surface area contributed by atoms with Crippen LogP contribution in [0.5, 0.6) is 0 Å². The largest absolute Gasteiger partial charge is 0.405 e. The van der Waals surface area contributed by atoms with E-state index in [1.165, 1.54) is 4.90 Å². The Hall–Kier alpha value is -2.96. The number of nitrogens with zero attached hydrogens (tertiary/aromatic N) is 4. The highest BCUT2D eigenvalue weighted by Gasteiger charge is 2.44. The zero-order valence-corrected chi connectivity index (χ0v) is 15.8. The third-order valence-electron chi connectivity index (χ3n) is 6.03. The first kappa shape index (κ1) is 19.4. The fourth-order valence-corrected chi connectivity index (χ4v) is 4.68. The predicted molar refractivity (Wildman–Crippen MR) is 100 cm³/mol. The van der Waals surface area contributed by atoms with E-state index in [9.17, 15) is 23.2 Å². The molecule has 1 saturated heterocycles. The van der Waals surface area contributed by atoms with Gasteiger partial charge in [0.2, 0.25) is 0 Å². The second-order valence-corrected chi connectivity index (χ2v) is 7.81. The van der Waals surface area contributed by atoms with Crippen molar-refractivity contribution in [1.82, 2.24) is 20.2 Å². The van der Waals surface area contributed by atoms with E-state index in [0.29, 0.717) is 18.7 Å². The number of aromatic nitrogens is 2. The van der Waals surface area contributed by atoms with Gasteiger partial charge in [0.05, 0.1) is 11.3 Å². The molecular weight excluding hydrogens is 385 g/mol. The lowest BCUT2D eigenvalue weighted by Crippen LogP contribution is -2.43. The number of nitrogens with one attached hydrogen (secondary N) is 2. The molecule has 3 atom stereocenters. The lowest BCUT2D eigenvalue weighted by molar-refractivity contribution is -0.123. The highest BCUT2D eigenvalue weighted by atomic mass is 19.4. The number of aromatic amines is 1. The average Bonchev–Trinajstić information content (AvgIpc) is 3.37. The van der Waals surface area contributed by atoms with Gasteiger partial charge >= 0.3 is 12.2 Å². The third-order valence-corrected chi connectivity index (χ3v) is 6.03. The molecule has 10 heteroatoms. The Bertz CT molecular complexity index is 951. The number of hydrogen-bond acceptors (Lipinski definition) is 4. The van der Waals surface area contributed by atoms with E-state index in [4.69, 9.17) is 0 Å². The van der Waals surface area contributed by atoms with Crippen LogP contribution in [0.3, 0.4) is 0 Å². The van der Waals surface area contributed by atoms with Gasteiger partial charge in [0.25, 0.3) is 0 Å². The van der Waals surface area contributed by atoms with Gasteiger partial charge < -0.3 is 20.1 Å². The van der Waals surface area contributed by atoms with Gasteiger partial charge in [-0.2, -0.15) is 18.4 Å². The molecule has 2 aromatic heterocycles. The van der Waals surface area contributed by atoms with Crippen molar-refractivity contribution in [2.45, 2.75) is 25.1 Å². The molecule has 2 N–H and O–H groups in total. The number of nitriles is 1. The van der Waals surface area contributed by atoms with Gasteiger partial charge in [-0.05, 0) is 30.7 Å². The number of halogens is 3. The minimum atomic E-state index is -4.41. The van der Waals surface area contributed by atoms with Crippen molar-refractivity contribution in [1.29, 1.82) is 5.26 Å². The van der Waals surface area contributed by atoms with Gasteiger partial charge in [0.15, 0.2) is 0 Å². The molecule has 4 rings (SSSR count). The van der Waals surface area contributed by atoms with Gasteiger partial charge in [0.1, 0.15) is 18.3 Å². The minimum absolute atomic E-state index is 0.193. The fourth-order valence-electron chi connectivity index (χ4n) is 4.68. The van der Waals surface area contributed by atoms with Crippen molar-refractivity contribution < 1.29 is 18.0 Å². The number of amides is 2. The summed E-state index contributed by atoms with van der Waals surface area (Å²) in [7, 11) is 1.96. The van der Waals surface area contributed by atoms with Crippen molar-refractivity contribution >= 4 is 22.8 Å². The molecule has 0 aromatic carbocycles. The molecule has 29 heavy (non-hydrogen) atoms. The number of carbonyl (C=O) groups excluding carboxylic acids is 1. The lowest BCUT2D eigenvalue weighted by atomic mass is 10.0. The van der Waals surface area contributed by atoms with E-state index in [2.05, 4.69) is 20.9 Å². The average molecular weight is 406 g/mol. The highest BCUT2D eigenvalue weighted by Crippen LogP contribution is 2.42. The van der Waals surface area contributed by atoms with Gasteiger partial charge in [-0.3, -0.25) is 0 Å². The summed E-state index contributed by atoms with van der Waals surface area (Å²) < 4.78 is 36.9. The highest BCUT2D eigenvalue weighted by molar-refractivity contribution is 5.93. The van der Waals surface area contributed by atoms with Crippen LogP contribution in [0.25, 0.3) is 11.0 Å². The molecule has 1 saturated carbocycles. The summed E-state index contributed by atoms with van der Waals surface area (Å²) >= 11 is 0. The Kier molecular flexibility index (Phi) is 4.76. The van der Waals surface area contributed by atoms with Crippen LogP contribution in [0.1, 0.15) is 18.4 Å². The van der Waals surface area contributed by atoms with Crippen molar-refractivity contribution in [3.05, 3.63) is 24.0 Å². The Morgan fingerprint density at radius 2 is 2.10 bits per heavy atom. The number of likely N-dealkylation sites (tertiary alicyclic amines) is 1. The maximum absolute atomic E-state index is 12.3. The summed E-state index contributed by atoms with van der Waals surface area (Å²) in [5, 5.41) is 12.4. The number of fused-ring (bicyclic) bond motifs is 2. The molecule has 2 fully saturated rings. The van der Waals surface area contributed by atoms with E-state index in [1.807, 2.05) is 18.4 Å². The molecule has 1 aliphatic heterocycles. The van der Waals surface area contributed by atoms with Crippen LogP contribution in [-0.4, -0.2) is 59.8 Å². The Morgan fingerprint density at radius 1 is 1.41 bits per heavy atom. The van der Waals surface area contributed by atoms with Crippen molar-refractivity contribution in [3.63, 3.8) is 0 Å². The van der Waals surface area contributed by atoms with Crippen LogP contribution < -0.4 is 10.2 Å². The summed E-state index contributed by atoms with van der Waals surface area (Å²) in [6.07, 6.45) is 0.586. The summed E-state index contributed by atoms with van der Waals surface area (Å²) in [5.41, 5.74) is 2.06. The zero-order valence-electron chi connectivity index (χ0n) is 15.8. The Balaban J connectivity index is 1.43. The number of alkyl halides is 3. The summed E-state index contributed by atoms with van der Waals surface area (Å²) in [5.74, 6) is 0.487. The molecule has 0 spiro atoms. The van der Waals surface area contributed by atoms with Crippen LogP contribution in [0.4, 0.5) is 23.7 Å². The number of carbonyl (C=O) groups is 1. The molecule has 3 heterocycles. The maximum Gasteiger partial charge on any atom is 0.405 e. The minimum Gasteiger partial charge on any atom is -0.370 e. The SMILES string of the molecule is CN(c1c(C#N)cnc2[nH]ccc12)C1CC2CN(C(=O)NCC(F)(F)F)C[C@H]2C1. The molecule has 1 aliphatic carbocycles. The molecule has 2 amide bonds. The number of pyridine rings is 1. The van der Waals surface area contributed by atoms with Crippen molar-refractivity contribution in [2.24, 2.45) is 11.8 Å². The Labute approximate surface area is 165 Å². The molecule has 2 aromatic rings. The lowest BCUT2D eigenvalue weighted by Gasteiger charge is -2.29. The van der Waals surface area contributed by atoms with E-state index in [-0.39, 0.29) is 17.9 Å². The van der Waals surface area contributed by atoms with Crippen LogP contribution in [0.15, 0.2) is 18.5 Å². The smallest absolute Gasteiger partial charge is 0.370 e. The first-order valence-corrected chi connectivity index (χ1v) is 9.45. The monoisotopic (exact) mass is 406 g/mol. The number of urea groups is 1. The first-order valence-electron chi connectivity index (χ1n) is 9.45. The quantitative estimate of drug-likeness (QED) is 0.821. The van der Waals surface area contributed by atoms with Crippen molar-refractivity contribution in [2.75, 3.05) is 31.6 Å². The Morgan fingerprint density at radius 3 is 2.72 bits per heavy atom. The van der Waals surface area contributed by atoms with Gasteiger partial charge in [-0.25, -0.2) is 9.78 Å².